The molecule has 1 N–H and O–H groups in total. The van der Waals surface area contributed by atoms with Gasteiger partial charge in [0.25, 0.3) is 0 Å². The second-order valence-electron chi connectivity index (χ2n) is 4.04. The fourth-order valence-corrected chi connectivity index (χ4v) is 3.21. The van der Waals surface area contributed by atoms with Crippen LogP contribution in [0.15, 0.2) is 70.6 Å². The normalized spacial score (nSPS) is 11.8. The van der Waals surface area contributed by atoms with E-state index in [9.17, 15) is 8.42 Å². The lowest BCUT2D eigenvalue weighted by Crippen LogP contribution is -2.01. The summed E-state index contributed by atoms with van der Waals surface area (Å²) in [7, 11) is -3.46. The maximum atomic E-state index is 12.4. The number of hydrogen-bond donors (Lipinski definition) is 1. The lowest BCUT2D eigenvalue weighted by atomic mass is 10.3. The molecule has 0 atom stereocenters. The lowest BCUT2D eigenvalue weighted by molar-refractivity contribution is 0.593. The highest BCUT2D eigenvalue weighted by atomic mass is 32.2. The summed E-state index contributed by atoms with van der Waals surface area (Å²) in [5.74, 6) is 0. The third-order valence-electron chi connectivity index (χ3n) is 2.85. The Morgan fingerprint density at radius 2 is 1.50 bits per heavy atom. The van der Waals surface area contributed by atoms with Gasteiger partial charge in [0.15, 0.2) is 0 Å². The summed E-state index contributed by atoms with van der Waals surface area (Å²) in [6, 6.07) is 17.6. The van der Waals surface area contributed by atoms with Crippen LogP contribution in [0.4, 0.5) is 0 Å². The molecule has 3 nitrogen and oxygen atoms in total. The van der Waals surface area contributed by atoms with Gasteiger partial charge >= 0.3 is 0 Å². The molecule has 0 aliphatic heterocycles. The van der Waals surface area contributed by atoms with Crippen molar-refractivity contribution in [1.29, 1.82) is 0 Å². The molecule has 0 saturated heterocycles. The van der Waals surface area contributed by atoms with Crippen LogP contribution in [-0.2, 0) is 9.84 Å². The Morgan fingerprint density at radius 3 is 2.22 bits per heavy atom. The minimum atomic E-state index is -3.46. The summed E-state index contributed by atoms with van der Waals surface area (Å²) in [6.07, 6.45) is 0. The first kappa shape index (κ1) is 11.0. The number of aromatic amines is 1. The van der Waals surface area contributed by atoms with E-state index in [4.69, 9.17) is 0 Å². The van der Waals surface area contributed by atoms with E-state index in [-0.39, 0.29) is 5.03 Å². The van der Waals surface area contributed by atoms with E-state index >= 15 is 0 Å². The third-order valence-corrected chi connectivity index (χ3v) is 4.54. The molecule has 4 heteroatoms. The quantitative estimate of drug-likeness (QED) is 0.767. The van der Waals surface area contributed by atoms with Gasteiger partial charge in [-0.15, -0.1) is 0 Å². The molecule has 90 valence electrons. The maximum absolute atomic E-state index is 12.4. The number of benzene rings is 2. The Balaban J connectivity index is 2.20. The largest absolute Gasteiger partial charge is 0.345 e. The zero-order valence-corrected chi connectivity index (χ0v) is 10.3. The molecule has 0 fully saturated rings. The molecule has 3 rings (SSSR count). The van der Waals surface area contributed by atoms with Crippen LogP contribution in [-0.4, -0.2) is 13.4 Å². The fraction of sp³-hybridized carbons (Fsp3) is 0. The fourth-order valence-electron chi connectivity index (χ4n) is 1.92. The van der Waals surface area contributed by atoms with Gasteiger partial charge in [-0.25, -0.2) is 8.42 Å². The number of nitrogens with one attached hydrogen (secondary N) is 1. The van der Waals surface area contributed by atoms with Gasteiger partial charge in [-0.3, -0.25) is 0 Å². The second kappa shape index (κ2) is 3.99. The van der Waals surface area contributed by atoms with E-state index in [1.165, 1.54) is 0 Å². The van der Waals surface area contributed by atoms with Crippen molar-refractivity contribution in [2.75, 3.05) is 0 Å². The molecule has 18 heavy (non-hydrogen) atoms. The average Bonchev–Trinajstić information content (AvgIpc) is 2.84. The highest BCUT2D eigenvalue weighted by molar-refractivity contribution is 7.91. The van der Waals surface area contributed by atoms with Crippen LogP contribution < -0.4 is 0 Å². The first-order chi connectivity index (χ1) is 8.68. The van der Waals surface area contributed by atoms with Gasteiger partial charge < -0.3 is 4.98 Å². The molecule has 0 aliphatic rings. The van der Waals surface area contributed by atoms with Crippen molar-refractivity contribution in [3.63, 3.8) is 0 Å². The van der Waals surface area contributed by atoms with Gasteiger partial charge in [-0.2, -0.15) is 0 Å². The summed E-state index contributed by atoms with van der Waals surface area (Å²) in [5, 5.41) is 1.13. The van der Waals surface area contributed by atoms with Crippen LogP contribution in [0.3, 0.4) is 0 Å². The Bertz CT molecular complexity index is 756. The Hall–Kier alpha value is -2.07. The van der Waals surface area contributed by atoms with E-state index < -0.39 is 9.84 Å². The summed E-state index contributed by atoms with van der Waals surface area (Å²) in [6.45, 7) is 0. The van der Waals surface area contributed by atoms with Gasteiger partial charge in [0.1, 0.15) is 5.03 Å². The number of aromatic nitrogens is 1. The predicted octanol–water partition coefficient (Wildman–Crippen LogP) is 3.00. The molecular weight excluding hydrogens is 246 g/mol. The Kier molecular flexibility index (Phi) is 2.45. The topological polar surface area (TPSA) is 49.9 Å². The molecule has 0 amide bonds. The molecule has 0 aliphatic carbocycles. The summed E-state index contributed by atoms with van der Waals surface area (Å²) >= 11 is 0. The first-order valence-corrected chi connectivity index (χ1v) is 7.04. The number of hydrogen-bond acceptors (Lipinski definition) is 2. The van der Waals surface area contributed by atoms with Crippen LogP contribution in [0.1, 0.15) is 0 Å². The Morgan fingerprint density at radius 1 is 0.833 bits per heavy atom. The van der Waals surface area contributed by atoms with E-state index in [2.05, 4.69) is 4.98 Å². The van der Waals surface area contributed by atoms with Gasteiger partial charge in [0, 0.05) is 10.9 Å². The smallest absolute Gasteiger partial charge is 0.221 e. The molecule has 0 spiro atoms. The van der Waals surface area contributed by atoms with Gasteiger partial charge in [0.2, 0.25) is 9.84 Å². The molecule has 1 heterocycles. The number of fused-ring (bicyclic) bond motifs is 1. The minimum absolute atomic E-state index is 0.231. The summed E-state index contributed by atoms with van der Waals surface area (Å²) in [4.78, 5) is 3.25. The molecule has 0 bridgehead atoms. The van der Waals surface area contributed by atoms with Crippen molar-refractivity contribution >= 4 is 20.7 Å². The molecule has 1 aromatic heterocycles. The van der Waals surface area contributed by atoms with Crippen molar-refractivity contribution in [1.82, 2.24) is 4.98 Å². The van der Waals surface area contributed by atoms with Crippen LogP contribution >= 0.6 is 0 Å². The van der Waals surface area contributed by atoms with E-state index in [1.807, 2.05) is 24.3 Å². The Labute approximate surface area is 105 Å². The minimum Gasteiger partial charge on any atom is -0.345 e. The van der Waals surface area contributed by atoms with Crippen molar-refractivity contribution in [2.24, 2.45) is 0 Å². The molecule has 0 unspecified atom stereocenters. The maximum Gasteiger partial charge on any atom is 0.221 e. The number of H-pyrrole nitrogens is 1. The summed E-state index contributed by atoms with van der Waals surface area (Å²) in [5.41, 5.74) is 0.826. The van der Waals surface area contributed by atoms with Gasteiger partial charge in [-0.1, -0.05) is 36.4 Å². The van der Waals surface area contributed by atoms with Crippen molar-refractivity contribution < 1.29 is 8.42 Å². The molecule has 3 aromatic rings. The zero-order valence-electron chi connectivity index (χ0n) is 9.50. The van der Waals surface area contributed by atoms with Crippen molar-refractivity contribution in [3.05, 3.63) is 60.7 Å². The summed E-state index contributed by atoms with van der Waals surface area (Å²) < 4.78 is 24.7. The van der Waals surface area contributed by atoms with E-state index in [0.29, 0.717) is 4.90 Å². The van der Waals surface area contributed by atoms with Crippen LogP contribution in [0.25, 0.3) is 10.9 Å². The standard InChI is InChI=1S/C14H11NO2S/c16-18(17,12-7-2-1-3-8-12)14-10-11-6-4-5-9-13(11)15-14/h1-10,15H. The third kappa shape index (κ3) is 1.71. The van der Waals surface area contributed by atoms with Crippen LogP contribution in [0, 0.1) is 0 Å². The second-order valence-corrected chi connectivity index (χ2v) is 5.96. The van der Waals surface area contributed by atoms with Crippen molar-refractivity contribution in [2.45, 2.75) is 9.92 Å². The number of sulfone groups is 1. The van der Waals surface area contributed by atoms with E-state index in [0.717, 1.165) is 10.9 Å². The van der Waals surface area contributed by atoms with Crippen molar-refractivity contribution in [3.8, 4) is 0 Å². The molecular formula is C14H11NO2S. The first-order valence-electron chi connectivity index (χ1n) is 5.56. The SMILES string of the molecule is O=S(=O)(c1ccccc1)c1cc2ccccc2[nH]1. The number of para-hydroxylation sites is 1. The molecule has 0 radical (unpaired) electrons. The predicted molar refractivity (Wildman–Crippen MR) is 70.2 cm³/mol. The highest BCUT2D eigenvalue weighted by Crippen LogP contribution is 2.23. The van der Waals surface area contributed by atoms with Gasteiger partial charge in [-0.05, 0) is 24.3 Å². The van der Waals surface area contributed by atoms with Crippen LogP contribution in [0.5, 0.6) is 0 Å². The zero-order chi connectivity index (χ0) is 12.6. The van der Waals surface area contributed by atoms with Gasteiger partial charge in [0.05, 0.1) is 4.90 Å². The number of rotatable bonds is 2. The molecule has 0 saturated carbocycles. The average molecular weight is 257 g/mol. The van der Waals surface area contributed by atoms with Crippen LogP contribution in [0.2, 0.25) is 0 Å². The monoisotopic (exact) mass is 257 g/mol. The molecule has 2 aromatic carbocycles. The van der Waals surface area contributed by atoms with E-state index in [1.54, 1.807) is 36.4 Å². The highest BCUT2D eigenvalue weighted by Gasteiger charge is 2.19. The lowest BCUT2D eigenvalue weighted by Gasteiger charge is -2.00.